The predicted octanol–water partition coefficient (Wildman–Crippen LogP) is 3.93. The van der Waals surface area contributed by atoms with E-state index < -0.39 is 10.0 Å². The molecule has 2 heterocycles. The Labute approximate surface area is 201 Å². The molecule has 0 aliphatic carbocycles. The zero-order chi connectivity index (χ0) is 24.3. The maximum absolute atomic E-state index is 12.8. The highest BCUT2D eigenvalue weighted by Crippen LogP contribution is 2.22. The Morgan fingerprint density at radius 1 is 1.00 bits per heavy atom. The summed E-state index contributed by atoms with van der Waals surface area (Å²) in [7, 11) is -3.29. The summed E-state index contributed by atoms with van der Waals surface area (Å²) in [5, 5.41) is 0.674. The van der Waals surface area contributed by atoms with Crippen molar-refractivity contribution in [3.05, 3.63) is 69.6 Å². The Bertz CT molecular complexity index is 1330. The average Bonchev–Trinajstić information content (AvgIpc) is 2.79. The lowest BCUT2D eigenvalue weighted by molar-refractivity contribution is 0.253. The smallest absolute Gasteiger partial charge is 0.229 e. The van der Waals surface area contributed by atoms with E-state index >= 15 is 0 Å². The summed E-state index contributed by atoms with van der Waals surface area (Å²) in [4.78, 5) is 17.6. The van der Waals surface area contributed by atoms with Gasteiger partial charge < -0.3 is 9.32 Å². The Hall–Kier alpha value is -2.84. The van der Waals surface area contributed by atoms with Crippen LogP contribution in [0, 0.1) is 13.8 Å². The molecule has 1 N–H and O–H groups in total. The summed E-state index contributed by atoms with van der Waals surface area (Å²) in [6, 6.07) is 11.4. The fourth-order valence-electron chi connectivity index (χ4n) is 4.46. The monoisotopic (exact) mass is 483 g/mol. The summed E-state index contributed by atoms with van der Waals surface area (Å²) in [6.45, 7) is 8.76. The molecule has 7 nitrogen and oxygen atoms in total. The molecule has 0 saturated carbocycles. The normalized spacial score (nSPS) is 15.1. The fraction of sp³-hybridized carbons (Fsp3) is 0.423. The first-order valence-corrected chi connectivity index (χ1v) is 13.7. The second-order valence-electron chi connectivity index (χ2n) is 9.23. The number of fused-ring (bicyclic) bond motifs is 1. The molecule has 0 amide bonds. The number of nitrogens with zero attached hydrogens (tertiary/aromatic N) is 2. The third-order valence-corrected chi connectivity index (χ3v) is 7.12. The molecule has 1 aliphatic rings. The van der Waals surface area contributed by atoms with Gasteiger partial charge in [0, 0.05) is 37.4 Å². The van der Waals surface area contributed by atoms with Crippen molar-refractivity contribution in [2.24, 2.45) is 0 Å². The van der Waals surface area contributed by atoms with Crippen molar-refractivity contribution in [2.45, 2.75) is 33.1 Å². The van der Waals surface area contributed by atoms with Gasteiger partial charge in [-0.25, -0.2) is 8.42 Å². The van der Waals surface area contributed by atoms with Crippen molar-refractivity contribution < 1.29 is 12.8 Å². The molecular weight excluding hydrogens is 450 g/mol. The van der Waals surface area contributed by atoms with Crippen LogP contribution >= 0.6 is 0 Å². The van der Waals surface area contributed by atoms with E-state index in [1.54, 1.807) is 12.3 Å². The molecule has 3 aromatic rings. The standard InChI is InChI=1S/C26H33N3O4S/c1-19-15-24-25(16-20(19)2)33-18-21(26(24)30)7-4-5-10-28-11-13-29(14-12-28)23-9-6-8-22(17-23)27-34(3,31)32/h6,8-9,15-18,27H,4-5,7,10-14H2,1-3H3. The van der Waals surface area contributed by atoms with Crippen LogP contribution in [0.4, 0.5) is 11.4 Å². The summed E-state index contributed by atoms with van der Waals surface area (Å²) in [6.07, 6.45) is 5.49. The molecular formula is C26H33N3O4S. The second-order valence-corrected chi connectivity index (χ2v) is 11.0. The van der Waals surface area contributed by atoms with Crippen molar-refractivity contribution in [3.8, 4) is 0 Å². The summed E-state index contributed by atoms with van der Waals surface area (Å²) < 4.78 is 31.3. The number of hydrogen-bond donors (Lipinski definition) is 1. The predicted molar refractivity (Wildman–Crippen MR) is 138 cm³/mol. The topological polar surface area (TPSA) is 82.9 Å². The molecule has 34 heavy (non-hydrogen) atoms. The van der Waals surface area contributed by atoms with Gasteiger partial charge in [-0.3, -0.25) is 14.4 Å². The maximum Gasteiger partial charge on any atom is 0.229 e. The van der Waals surface area contributed by atoms with Crippen LogP contribution in [0.3, 0.4) is 0 Å². The Balaban J connectivity index is 1.25. The first kappa shape index (κ1) is 24.3. The minimum absolute atomic E-state index is 0.0885. The average molecular weight is 484 g/mol. The van der Waals surface area contributed by atoms with Crippen LogP contribution in [-0.2, 0) is 16.4 Å². The van der Waals surface area contributed by atoms with E-state index in [0.717, 1.165) is 80.6 Å². The van der Waals surface area contributed by atoms with Crippen molar-refractivity contribution >= 4 is 32.4 Å². The van der Waals surface area contributed by atoms with Crippen LogP contribution in [0.25, 0.3) is 11.0 Å². The van der Waals surface area contributed by atoms with Crippen molar-refractivity contribution in [2.75, 3.05) is 48.6 Å². The number of unbranched alkanes of at least 4 members (excludes halogenated alkanes) is 1. The van der Waals surface area contributed by atoms with E-state index in [0.29, 0.717) is 16.7 Å². The van der Waals surface area contributed by atoms with Gasteiger partial charge in [0.2, 0.25) is 10.0 Å². The van der Waals surface area contributed by atoms with E-state index in [-0.39, 0.29) is 5.43 Å². The van der Waals surface area contributed by atoms with Crippen LogP contribution in [0.15, 0.2) is 51.9 Å². The lowest BCUT2D eigenvalue weighted by Crippen LogP contribution is -2.46. The molecule has 1 aliphatic heterocycles. The molecule has 4 rings (SSSR count). The first-order valence-electron chi connectivity index (χ1n) is 11.8. The quantitative estimate of drug-likeness (QED) is 0.489. The number of nitrogens with one attached hydrogen (secondary N) is 1. The van der Waals surface area contributed by atoms with Gasteiger partial charge >= 0.3 is 0 Å². The van der Waals surface area contributed by atoms with Crippen LogP contribution in [-0.4, -0.2) is 52.3 Å². The van der Waals surface area contributed by atoms with Crippen LogP contribution in [0.1, 0.15) is 29.5 Å². The number of piperazine rings is 1. The molecule has 2 aromatic carbocycles. The molecule has 182 valence electrons. The van der Waals surface area contributed by atoms with Gasteiger partial charge in [0.1, 0.15) is 5.58 Å². The number of anilines is 2. The van der Waals surface area contributed by atoms with Crippen LogP contribution < -0.4 is 15.1 Å². The highest BCUT2D eigenvalue weighted by molar-refractivity contribution is 7.92. The zero-order valence-electron chi connectivity index (χ0n) is 20.1. The fourth-order valence-corrected chi connectivity index (χ4v) is 5.01. The van der Waals surface area contributed by atoms with Gasteiger partial charge in [0.25, 0.3) is 0 Å². The molecule has 0 spiro atoms. The molecule has 8 heteroatoms. The van der Waals surface area contributed by atoms with E-state index in [1.807, 2.05) is 44.2 Å². The largest absolute Gasteiger partial charge is 0.464 e. The first-order chi connectivity index (χ1) is 16.2. The van der Waals surface area contributed by atoms with Crippen molar-refractivity contribution in [3.63, 3.8) is 0 Å². The maximum atomic E-state index is 12.8. The highest BCUT2D eigenvalue weighted by Gasteiger charge is 2.17. The van der Waals surface area contributed by atoms with E-state index in [4.69, 9.17) is 4.42 Å². The summed E-state index contributed by atoms with van der Waals surface area (Å²) in [5.41, 5.74) is 5.35. The Kier molecular flexibility index (Phi) is 7.28. The SMILES string of the molecule is Cc1cc2occ(CCCCN3CCN(c4cccc(NS(C)(=O)=O)c4)CC3)c(=O)c2cc1C. The van der Waals surface area contributed by atoms with Gasteiger partial charge in [-0.1, -0.05) is 6.07 Å². The number of rotatable bonds is 8. The highest BCUT2D eigenvalue weighted by atomic mass is 32.2. The van der Waals surface area contributed by atoms with Crippen molar-refractivity contribution in [1.29, 1.82) is 0 Å². The van der Waals surface area contributed by atoms with Gasteiger partial charge in [0.05, 0.1) is 23.6 Å². The lowest BCUT2D eigenvalue weighted by Gasteiger charge is -2.36. The summed E-state index contributed by atoms with van der Waals surface area (Å²) in [5.74, 6) is 0. The number of sulfonamides is 1. The molecule has 0 radical (unpaired) electrons. The molecule has 0 unspecified atom stereocenters. The molecule has 0 atom stereocenters. The van der Waals surface area contributed by atoms with Gasteiger partial charge in [-0.15, -0.1) is 0 Å². The molecule has 0 bridgehead atoms. The zero-order valence-corrected chi connectivity index (χ0v) is 21.0. The van der Waals surface area contributed by atoms with Crippen molar-refractivity contribution in [1.82, 2.24) is 4.90 Å². The van der Waals surface area contributed by atoms with Crippen LogP contribution in [0.2, 0.25) is 0 Å². The minimum atomic E-state index is -3.29. The Morgan fingerprint density at radius 3 is 2.47 bits per heavy atom. The third-order valence-electron chi connectivity index (χ3n) is 6.52. The second kappa shape index (κ2) is 10.2. The molecule has 1 saturated heterocycles. The van der Waals surface area contributed by atoms with Gasteiger partial charge in [0.15, 0.2) is 5.43 Å². The summed E-state index contributed by atoms with van der Waals surface area (Å²) >= 11 is 0. The minimum Gasteiger partial charge on any atom is -0.464 e. The number of benzene rings is 2. The van der Waals surface area contributed by atoms with E-state index in [9.17, 15) is 13.2 Å². The number of aryl methyl sites for hydroxylation is 3. The number of hydrogen-bond acceptors (Lipinski definition) is 6. The molecule has 1 fully saturated rings. The third kappa shape index (κ3) is 5.98. The van der Waals surface area contributed by atoms with Gasteiger partial charge in [-0.2, -0.15) is 0 Å². The Morgan fingerprint density at radius 2 is 1.74 bits per heavy atom. The van der Waals surface area contributed by atoms with E-state index in [1.165, 1.54) is 0 Å². The van der Waals surface area contributed by atoms with E-state index in [2.05, 4.69) is 14.5 Å². The van der Waals surface area contributed by atoms with Gasteiger partial charge in [-0.05, 0) is 81.1 Å². The molecule has 1 aromatic heterocycles. The lowest BCUT2D eigenvalue weighted by atomic mass is 10.0. The van der Waals surface area contributed by atoms with Crippen LogP contribution in [0.5, 0.6) is 0 Å².